The van der Waals surface area contributed by atoms with E-state index in [2.05, 4.69) is 9.33 Å². The molecule has 0 aliphatic carbocycles. The predicted octanol–water partition coefficient (Wildman–Crippen LogP) is 1.89. The maximum atomic E-state index is 4.76. The first-order chi connectivity index (χ1) is 3.06. The summed E-state index contributed by atoms with van der Waals surface area (Å²) in [7, 11) is 0. The highest BCUT2D eigenvalue weighted by Gasteiger charge is 2.09. The van der Waals surface area contributed by atoms with Gasteiger partial charge >= 0.3 is 0 Å². The highest BCUT2D eigenvalue weighted by atomic mass is 35.5. The quantitative estimate of drug-likeness (QED) is 0.393. The van der Waals surface area contributed by atoms with E-state index >= 15 is 0 Å². The summed E-state index contributed by atoms with van der Waals surface area (Å²) < 4.78 is 3.88. The van der Waals surface area contributed by atoms with Crippen molar-refractivity contribution >= 4 is 11.9 Å². The molecule has 0 spiro atoms. The fourth-order valence-corrected chi connectivity index (χ4v) is 0.283. The van der Waals surface area contributed by atoms with Gasteiger partial charge in [-0.15, -0.1) is 4.44 Å². The van der Waals surface area contributed by atoms with Gasteiger partial charge in [-0.1, -0.05) is 0 Å². The monoisotopic (exact) mass is 124 g/mol. The molecule has 0 N–H and O–H groups in total. The van der Waals surface area contributed by atoms with Crippen molar-refractivity contribution in [1.29, 1.82) is 0 Å². The fraction of sp³-hybridized carbons (Fsp3) is 1.00. The zero-order valence-corrected chi connectivity index (χ0v) is 5.45. The van der Waals surface area contributed by atoms with Crippen LogP contribution >= 0.6 is 11.9 Å². The molecule has 0 aromatic rings. The second-order valence-corrected chi connectivity index (χ2v) is 2.38. The van der Waals surface area contributed by atoms with Crippen LogP contribution in [0, 0.1) is 0 Å². The molecule has 44 valence electrons. The molecule has 3 heteroatoms. The molecule has 0 saturated heterocycles. The van der Waals surface area contributed by atoms with E-state index < -0.39 is 0 Å². The summed E-state index contributed by atoms with van der Waals surface area (Å²) in [5, 5.41) is 0. The number of hydrogen-bond donors (Lipinski definition) is 0. The maximum Gasteiger partial charge on any atom is 0.0999 e. The first-order valence-corrected chi connectivity index (χ1v) is 2.33. The Kier molecular flexibility index (Phi) is 2.58. The van der Waals surface area contributed by atoms with E-state index in [0.717, 1.165) is 0 Å². The molecule has 0 atom stereocenters. The summed E-state index contributed by atoms with van der Waals surface area (Å²) >= 11 is 4.76. The standard InChI is InChI=1S/C4H9ClO2/c1-4(2,3)6-7-5/h1-3H3. The zero-order valence-electron chi connectivity index (χ0n) is 4.69. The summed E-state index contributed by atoms with van der Waals surface area (Å²) in [6.45, 7) is 5.53. The van der Waals surface area contributed by atoms with Crippen molar-refractivity contribution in [1.82, 2.24) is 0 Å². The summed E-state index contributed by atoms with van der Waals surface area (Å²) in [5.74, 6) is 0. The van der Waals surface area contributed by atoms with Crippen LogP contribution in [0.5, 0.6) is 0 Å². The van der Waals surface area contributed by atoms with E-state index in [0.29, 0.717) is 0 Å². The molecular formula is C4H9ClO2. The van der Waals surface area contributed by atoms with Crippen LogP contribution in [-0.2, 0) is 9.33 Å². The van der Waals surface area contributed by atoms with Crippen molar-refractivity contribution in [2.24, 2.45) is 0 Å². The highest BCUT2D eigenvalue weighted by Crippen LogP contribution is 2.07. The first kappa shape index (κ1) is 7.21. The molecule has 0 amide bonds. The smallest absolute Gasteiger partial charge is 0.0999 e. The molecule has 0 aromatic heterocycles. The third-order valence-corrected chi connectivity index (χ3v) is 0.344. The topological polar surface area (TPSA) is 18.5 Å². The summed E-state index contributed by atoms with van der Waals surface area (Å²) in [5.41, 5.74) is -0.304. The van der Waals surface area contributed by atoms with Gasteiger partial charge in [0.05, 0.1) is 17.5 Å². The average molecular weight is 125 g/mol. The van der Waals surface area contributed by atoms with E-state index in [9.17, 15) is 0 Å². The summed E-state index contributed by atoms with van der Waals surface area (Å²) in [6, 6.07) is 0. The largest absolute Gasteiger partial charge is 0.213 e. The van der Waals surface area contributed by atoms with E-state index in [1.165, 1.54) is 0 Å². The van der Waals surface area contributed by atoms with Crippen LogP contribution in [0.3, 0.4) is 0 Å². The van der Waals surface area contributed by atoms with Crippen LogP contribution in [0.4, 0.5) is 0 Å². The molecule has 2 nitrogen and oxygen atoms in total. The molecule has 0 unspecified atom stereocenters. The Hall–Kier alpha value is 0.210. The van der Waals surface area contributed by atoms with Crippen LogP contribution in [-0.4, -0.2) is 5.60 Å². The molecule has 0 aliphatic heterocycles. The Morgan fingerprint density at radius 2 is 1.71 bits per heavy atom. The lowest BCUT2D eigenvalue weighted by molar-refractivity contribution is -0.272. The van der Waals surface area contributed by atoms with Crippen LogP contribution in [0.15, 0.2) is 0 Å². The van der Waals surface area contributed by atoms with Gasteiger partial charge in [0, 0.05) is 0 Å². The second-order valence-electron chi connectivity index (χ2n) is 2.26. The molecule has 0 rings (SSSR count). The zero-order chi connectivity index (χ0) is 5.91. The average Bonchev–Trinajstić information content (AvgIpc) is 1.30. The van der Waals surface area contributed by atoms with Crippen LogP contribution in [0.25, 0.3) is 0 Å². The Balaban J connectivity index is 3.15. The minimum atomic E-state index is -0.304. The van der Waals surface area contributed by atoms with Crippen LogP contribution in [0.1, 0.15) is 20.8 Å². The molecule has 0 radical (unpaired) electrons. The lowest BCUT2D eigenvalue weighted by Gasteiger charge is -2.12. The van der Waals surface area contributed by atoms with E-state index in [-0.39, 0.29) is 5.60 Å². The van der Waals surface area contributed by atoms with Gasteiger partial charge in [0.1, 0.15) is 0 Å². The predicted molar refractivity (Wildman–Crippen MR) is 27.8 cm³/mol. The van der Waals surface area contributed by atoms with Gasteiger partial charge in [-0.2, -0.15) is 0 Å². The minimum absolute atomic E-state index is 0.304. The molecule has 0 saturated carbocycles. The Morgan fingerprint density at radius 3 is 1.71 bits per heavy atom. The summed E-state index contributed by atoms with van der Waals surface area (Å²) in [6.07, 6.45) is 0. The minimum Gasteiger partial charge on any atom is -0.213 e. The van der Waals surface area contributed by atoms with Crippen molar-refractivity contribution < 1.29 is 9.33 Å². The van der Waals surface area contributed by atoms with Gasteiger partial charge in [-0.05, 0) is 20.8 Å². The van der Waals surface area contributed by atoms with Crippen LogP contribution < -0.4 is 0 Å². The second kappa shape index (κ2) is 2.50. The number of hydrogen-bond acceptors (Lipinski definition) is 2. The molecule has 0 fully saturated rings. The molecule has 7 heavy (non-hydrogen) atoms. The van der Waals surface area contributed by atoms with Crippen molar-refractivity contribution in [2.45, 2.75) is 26.4 Å². The van der Waals surface area contributed by atoms with E-state index in [4.69, 9.17) is 11.9 Å². The van der Waals surface area contributed by atoms with Crippen molar-refractivity contribution in [3.05, 3.63) is 0 Å². The van der Waals surface area contributed by atoms with Crippen molar-refractivity contribution in [2.75, 3.05) is 0 Å². The highest BCUT2D eigenvalue weighted by molar-refractivity contribution is 6.06. The van der Waals surface area contributed by atoms with Gasteiger partial charge < -0.3 is 0 Å². The van der Waals surface area contributed by atoms with Crippen molar-refractivity contribution in [3.63, 3.8) is 0 Å². The first-order valence-electron chi connectivity index (χ1n) is 2.03. The van der Waals surface area contributed by atoms with Gasteiger partial charge in [0.25, 0.3) is 0 Å². The third kappa shape index (κ3) is 6.21. The van der Waals surface area contributed by atoms with Gasteiger partial charge in [0.2, 0.25) is 0 Å². The van der Waals surface area contributed by atoms with Crippen LogP contribution in [0.2, 0.25) is 0 Å². The molecule has 0 bridgehead atoms. The lowest BCUT2D eigenvalue weighted by Crippen LogP contribution is -2.16. The van der Waals surface area contributed by atoms with Crippen molar-refractivity contribution in [3.8, 4) is 0 Å². The van der Waals surface area contributed by atoms with Gasteiger partial charge in [-0.3, -0.25) is 0 Å². The van der Waals surface area contributed by atoms with Gasteiger partial charge in [0.15, 0.2) is 0 Å². The Labute approximate surface area is 48.5 Å². The third-order valence-electron chi connectivity index (χ3n) is 0.281. The Morgan fingerprint density at radius 1 is 1.29 bits per heavy atom. The van der Waals surface area contributed by atoms with E-state index in [1.807, 2.05) is 20.8 Å². The maximum absolute atomic E-state index is 4.76. The molecule has 0 heterocycles. The normalized spacial score (nSPS) is 12.0. The number of rotatable bonds is 1. The Bertz CT molecular complexity index is 48.1. The number of halogens is 1. The molecule has 0 aromatic carbocycles. The summed E-state index contributed by atoms with van der Waals surface area (Å²) in [4.78, 5) is 4.49. The van der Waals surface area contributed by atoms with Gasteiger partial charge in [-0.25, -0.2) is 4.89 Å². The van der Waals surface area contributed by atoms with E-state index in [1.54, 1.807) is 0 Å². The molecule has 0 aliphatic rings. The fourth-order valence-electron chi connectivity index (χ4n) is 0.0945. The molecular weight excluding hydrogens is 115 g/mol. The lowest BCUT2D eigenvalue weighted by atomic mass is 10.2. The SMILES string of the molecule is CC(C)(C)OOCl.